The van der Waals surface area contributed by atoms with Crippen LogP contribution in [0, 0.1) is 0 Å². The highest BCUT2D eigenvalue weighted by atomic mass is 15.4. The van der Waals surface area contributed by atoms with Gasteiger partial charge < -0.3 is 0 Å². The van der Waals surface area contributed by atoms with Crippen LogP contribution in [0.2, 0.25) is 0 Å². The van der Waals surface area contributed by atoms with E-state index in [1.54, 1.807) is 0 Å². The third kappa shape index (κ3) is 2.22. The molecule has 1 aromatic carbocycles. The van der Waals surface area contributed by atoms with Gasteiger partial charge in [-0.15, -0.1) is 4.68 Å². The molecule has 3 nitrogen and oxygen atoms in total. The van der Waals surface area contributed by atoms with Crippen LogP contribution < -0.4 is 4.52 Å². The lowest BCUT2D eigenvalue weighted by molar-refractivity contribution is -0.579. The van der Waals surface area contributed by atoms with Crippen molar-refractivity contribution in [3.05, 3.63) is 53.9 Å². The van der Waals surface area contributed by atoms with Gasteiger partial charge in [0.15, 0.2) is 0 Å². The molecule has 0 radical (unpaired) electrons. The Kier molecular flexibility index (Phi) is 3.65. The van der Waals surface area contributed by atoms with Crippen molar-refractivity contribution in [1.29, 1.82) is 0 Å². The first-order chi connectivity index (χ1) is 13.4. The van der Waals surface area contributed by atoms with Gasteiger partial charge in [-0.2, -0.15) is 0 Å². The van der Waals surface area contributed by atoms with E-state index >= 15 is 0 Å². The first kappa shape index (κ1) is 17.7. The number of aryl methyl sites for hydroxylation is 1. The summed E-state index contributed by atoms with van der Waals surface area (Å²) in [5.41, 5.74) is 6.88. The Morgan fingerprint density at radius 1 is 1.11 bits per heavy atom. The fraction of sp³-hybridized carbons (Fsp3) is 0.440. The maximum Gasteiger partial charge on any atom is 0.247 e. The first-order valence-electron chi connectivity index (χ1n) is 10.7. The zero-order chi connectivity index (χ0) is 19.7. The standard InChI is InChI=1S/C25H30N3/c1-6-25(7-2)13-14-27-21-16-26-22(24(3,4)5)15-18(21)20-12-11-17-9-8-10-19(25)23(17)28(20)27/h8-12,15-16H,6-7,13-14H2,1-5H3/q+1. The molecule has 3 heteroatoms. The van der Waals surface area contributed by atoms with E-state index < -0.39 is 0 Å². The van der Waals surface area contributed by atoms with Crippen LogP contribution in [-0.2, 0) is 17.4 Å². The van der Waals surface area contributed by atoms with E-state index in [1.165, 1.54) is 52.1 Å². The third-order valence-electron chi connectivity index (χ3n) is 7.10. The minimum atomic E-state index is 0.0476. The first-order valence-corrected chi connectivity index (χ1v) is 10.7. The van der Waals surface area contributed by atoms with Gasteiger partial charge in [0.1, 0.15) is 5.52 Å². The molecule has 0 spiro atoms. The van der Waals surface area contributed by atoms with Crippen LogP contribution in [0.4, 0.5) is 0 Å². The number of nitrogens with zero attached hydrogens (tertiary/aromatic N) is 3. The summed E-state index contributed by atoms with van der Waals surface area (Å²) in [6.07, 6.45) is 5.62. The zero-order valence-electron chi connectivity index (χ0n) is 17.7. The molecule has 0 N–H and O–H groups in total. The second-order valence-corrected chi connectivity index (χ2v) is 9.47. The monoisotopic (exact) mass is 372 g/mol. The fourth-order valence-corrected chi connectivity index (χ4v) is 5.21. The number of fused-ring (bicyclic) bond motifs is 3. The normalized spacial score (nSPS) is 16.3. The summed E-state index contributed by atoms with van der Waals surface area (Å²) in [7, 11) is 0. The Balaban J connectivity index is 1.97. The average molecular weight is 373 g/mol. The lowest BCUT2D eigenvalue weighted by Gasteiger charge is -2.30. The van der Waals surface area contributed by atoms with E-state index in [2.05, 4.69) is 86.4 Å². The van der Waals surface area contributed by atoms with Crippen LogP contribution in [0.25, 0.3) is 27.3 Å². The number of rotatable bonds is 2. The van der Waals surface area contributed by atoms with Crippen LogP contribution in [0.15, 0.2) is 42.6 Å². The van der Waals surface area contributed by atoms with Crippen LogP contribution in [0.1, 0.15) is 65.1 Å². The Hall–Kier alpha value is -2.42. The van der Waals surface area contributed by atoms with Crippen LogP contribution in [0.3, 0.4) is 0 Å². The lowest BCUT2D eigenvalue weighted by Crippen LogP contribution is -2.33. The second-order valence-electron chi connectivity index (χ2n) is 9.47. The smallest absolute Gasteiger partial charge is 0.247 e. The Morgan fingerprint density at radius 3 is 2.61 bits per heavy atom. The molecule has 0 amide bonds. The summed E-state index contributed by atoms with van der Waals surface area (Å²) in [4.78, 5) is 4.86. The van der Waals surface area contributed by atoms with Gasteiger partial charge >= 0.3 is 0 Å². The van der Waals surface area contributed by atoms with Crippen LogP contribution in [0.5, 0.6) is 0 Å². The van der Waals surface area contributed by atoms with Crippen LogP contribution >= 0.6 is 0 Å². The Labute approximate surface area is 167 Å². The van der Waals surface area contributed by atoms with Gasteiger partial charge in [-0.1, -0.05) is 51.3 Å². The Morgan fingerprint density at radius 2 is 1.89 bits per heavy atom. The van der Waals surface area contributed by atoms with Gasteiger partial charge in [-0.3, -0.25) is 4.98 Å². The molecule has 5 rings (SSSR count). The van der Waals surface area contributed by atoms with Crippen molar-refractivity contribution in [2.45, 2.75) is 71.3 Å². The number of benzene rings is 1. The van der Waals surface area contributed by atoms with E-state index in [4.69, 9.17) is 4.98 Å². The maximum atomic E-state index is 4.86. The van der Waals surface area contributed by atoms with Gasteiger partial charge in [0, 0.05) is 33.5 Å². The van der Waals surface area contributed by atoms with E-state index in [0.717, 1.165) is 12.2 Å². The fourth-order valence-electron chi connectivity index (χ4n) is 5.21. The quantitative estimate of drug-likeness (QED) is 0.414. The van der Waals surface area contributed by atoms with Crippen molar-refractivity contribution in [1.82, 2.24) is 9.67 Å². The van der Waals surface area contributed by atoms with Gasteiger partial charge in [0.25, 0.3) is 0 Å². The molecule has 1 aliphatic rings. The number of pyridine rings is 2. The highest BCUT2D eigenvalue weighted by molar-refractivity contribution is 5.94. The highest BCUT2D eigenvalue weighted by Gasteiger charge is 2.38. The van der Waals surface area contributed by atoms with Crippen molar-refractivity contribution in [3.63, 3.8) is 0 Å². The average Bonchev–Trinajstić information content (AvgIpc) is 2.93. The van der Waals surface area contributed by atoms with E-state index in [-0.39, 0.29) is 10.8 Å². The minimum Gasteiger partial charge on any atom is -0.258 e. The lowest BCUT2D eigenvalue weighted by atomic mass is 9.72. The molecular weight excluding hydrogens is 342 g/mol. The zero-order valence-corrected chi connectivity index (χ0v) is 17.7. The summed E-state index contributed by atoms with van der Waals surface area (Å²) < 4.78 is 4.96. The van der Waals surface area contributed by atoms with Crippen molar-refractivity contribution in [2.75, 3.05) is 0 Å². The molecule has 28 heavy (non-hydrogen) atoms. The molecule has 4 aromatic rings. The molecule has 144 valence electrons. The maximum absolute atomic E-state index is 4.86. The second kappa shape index (κ2) is 5.79. The van der Waals surface area contributed by atoms with Gasteiger partial charge in [0.05, 0.1) is 18.1 Å². The van der Waals surface area contributed by atoms with E-state index in [9.17, 15) is 0 Å². The molecule has 0 saturated heterocycles. The number of hydrogen-bond donors (Lipinski definition) is 0. The predicted octanol–water partition coefficient (Wildman–Crippen LogP) is 5.69. The molecule has 3 aromatic heterocycles. The highest BCUT2D eigenvalue weighted by Crippen LogP contribution is 2.41. The molecule has 0 unspecified atom stereocenters. The number of hydrogen-bond acceptors (Lipinski definition) is 1. The summed E-state index contributed by atoms with van der Waals surface area (Å²) in [6.45, 7) is 12.4. The van der Waals surface area contributed by atoms with Crippen molar-refractivity contribution >= 4 is 27.3 Å². The van der Waals surface area contributed by atoms with Crippen molar-refractivity contribution in [2.24, 2.45) is 0 Å². The molecule has 0 saturated carbocycles. The van der Waals surface area contributed by atoms with E-state index in [0.29, 0.717) is 0 Å². The SMILES string of the molecule is CCC1(CC)CCn2c3cnc(C(C)(C)C)cc3c3ccc4cccc1c4[n+]32. The van der Waals surface area contributed by atoms with Gasteiger partial charge in [-0.25, -0.2) is 0 Å². The molecule has 0 bridgehead atoms. The number of aromatic nitrogens is 3. The van der Waals surface area contributed by atoms with Gasteiger partial charge in [0.2, 0.25) is 11.0 Å². The van der Waals surface area contributed by atoms with Crippen LogP contribution in [-0.4, -0.2) is 9.67 Å². The number of para-hydroxylation sites is 1. The summed E-state index contributed by atoms with van der Waals surface area (Å²) >= 11 is 0. The largest absolute Gasteiger partial charge is 0.258 e. The summed E-state index contributed by atoms with van der Waals surface area (Å²) in [6, 6.07) is 13.8. The van der Waals surface area contributed by atoms with Crippen molar-refractivity contribution < 1.29 is 4.52 Å². The predicted molar refractivity (Wildman–Crippen MR) is 116 cm³/mol. The van der Waals surface area contributed by atoms with E-state index in [1.807, 2.05) is 0 Å². The molecule has 0 atom stereocenters. The van der Waals surface area contributed by atoms with Gasteiger partial charge in [-0.05, 0) is 37.5 Å². The molecule has 4 heterocycles. The molecule has 0 fully saturated rings. The molecule has 1 aliphatic heterocycles. The summed E-state index contributed by atoms with van der Waals surface area (Å²) in [5, 5.41) is 2.65. The molecular formula is C25H30N3+. The molecule has 0 aliphatic carbocycles. The topological polar surface area (TPSA) is 21.9 Å². The Bertz CT molecular complexity index is 1220. The summed E-state index contributed by atoms with van der Waals surface area (Å²) in [5.74, 6) is 0. The van der Waals surface area contributed by atoms with Crippen molar-refractivity contribution in [3.8, 4) is 0 Å². The third-order valence-corrected chi connectivity index (χ3v) is 7.10. The minimum absolute atomic E-state index is 0.0476.